The van der Waals surface area contributed by atoms with Crippen LogP contribution in [0.4, 0.5) is 0 Å². The van der Waals surface area contributed by atoms with Gasteiger partial charge in [0.15, 0.2) is 5.79 Å². The summed E-state index contributed by atoms with van der Waals surface area (Å²) in [6, 6.07) is 15.9. The highest BCUT2D eigenvalue weighted by Crippen LogP contribution is 2.37. The Morgan fingerprint density at radius 3 is 2.76 bits per heavy atom. The predicted molar refractivity (Wildman–Crippen MR) is 127 cm³/mol. The summed E-state index contributed by atoms with van der Waals surface area (Å²) in [5, 5.41) is 7.31. The summed E-state index contributed by atoms with van der Waals surface area (Å²) in [7, 11) is 3.38. The van der Waals surface area contributed by atoms with Crippen molar-refractivity contribution in [3.8, 4) is 11.4 Å². The first-order valence-electron chi connectivity index (χ1n) is 10.6. The number of aliphatic imine (C=N–C) groups is 1. The molecule has 9 heteroatoms. The molecule has 8 nitrogen and oxygen atoms in total. The molecular weight excluding hydrogens is 440 g/mol. The van der Waals surface area contributed by atoms with Gasteiger partial charge in [-0.15, -0.1) is 0 Å². The first kappa shape index (κ1) is 21.5. The molecule has 0 radical (unpaired) electrons. The molecule has 5 rings (SSSR count). The number of hydrogen-bond acceptors (Lipinski definition) is 6. The van der Waals surface area contributed by atoms with Gasteiger partial charge in [0.1, 0.15) is 29.2 Å². The zero-order valence-corrected chi connectivity index (χ0v) is 19.1. The third-order valence-corrected chi connectivity index (χ3v) is 6.14. The van der Waals surface area contributed by atoms with Gasteiger partial charge in [-0.2, -0.15) is 0 Å². The number of methoxy groups -OCH3 is 1. The second-order valence-corrected chi connectivity index (χ2v) is 8.31. The summed E-state index contributed by atoms with van der Waals surface area (Å²) in [5.74, 6) is 0.254. The fourth-order valence-electron chi connectivity index (χ4n) is 4.34. The van der Waals surface area contributed by atoms with Crippen LogP contribution in [-0.2, 0) is 10.5 Å². The van der Waals surface area contributed by atoms with Crippen LogP contribution in [-0.4, -0.2) is 36.2 Å². The van der Waals surface area contributed by atoms with E-state index in [9.17, 15) is 0 Å². The van der Waals surface area contributed by atoms with E-state index in [0.29, 0.717) is 17.5 Å². The summed E-state index contributed by atoms with van der Waals surface area (Å²) < 4.78 is 13.6. The number of imidazole rings is 1. The Morgan fingerprint density at radius 1 is 1.24 bits per heavy atom. The van der Waals surface area contributed by atoms with Crippen molar-refractivity contribution >= 4 is 17.4 Å². The number of rotatable bonds is 4. The van der Waals surface area contributed by atoms with Crippen LogP contribution in [0.2, 0.25) is 5.15 Å². The molecule has 4 N–H and O–H groups in total. The number of nitrogens with one attached hydrogen (secondary N) is 2. The highest BCUT2D eigenvalue weighted by molar-refractivity contribution is 6.29. The monoisotopic (exact) mass is 464 g/mol. The van der Waals surface area contributed by atoms with Gasteiger partial charge in [-0.1, -0.05) is 48.0 Å². The largest absolute Gasteiger partial charge is 0.495 e. The second-order valence-electron chi connectivity index (χ2n) is 7.92. The lowest BCUT2D eigenvalue weighted by molar-refractivity contribution is 0.0549. The van der Waals surface area contributed by atoms with Crippen LogP contribution in [0.25, 0.3) is 5.69 Å². The van der Waals surface area contributed by atoms with Crippen LogP contribution >= 0.6 is 11.6 Å². The molecule has 33 heavy (non-hydrogen) atoms. The minimum Gasteiger partial charge on any atom is -0.495 e. The molecule has 0 saturated heterocycles. The van der Waals surface area contributed by atoms with E-state index in [0.717, 1.165) is 40.3 Å². The van der Waals surface area contributed by atoms with Crippen molar-refractivity contribution in [1.29, 1.82) is 0 Å². The van der Waals surface area contributed by atoms with E-state index in [1.807, 2.05) is 36.4 Å². The van der Waals surface area contributed by atoms with Crippen LogP contribution in [0.5, 0.6) is 5.75 Å². The summed E-state index contributed by atoms with van der Waals surface area (Å²) >= 11 is 6.00. The van der Waals surface area contributed by atoms with Gasteiger partial charge in [0.05, 0.1) is 25.1 Å². The number of hydrogen-bond donors (Lipinski definition) is 3. The standard InChI is InChI=1S/C24H25ClN6O2/c1-27-23-17-10-11-33-22(15-6-4-3-5-7-15)21(17)29-24(26,30-23)16-8-9-18(19(12-16)32-2)31-13-20(25)28-14-31/h3-9,12-14,22,29H,10-11,26H2,1-2H3,(H,27,30). The minimum absolute atomic E-state index is 0.258. The van der Waals surface area contributed by atoms with Crippen molar-refractivity contribution in [2.24, 2.45) is 10.7 Å². The smallest absolute Gasteiger partial charge is 0.190 e. The molecule has 2 aromatic carbocycles. The number of aromatic nitrogens is 2. The van der Waals surface area contributed by atoms with E-state index in [-0.39, 0.29) is 6.10 Å². The lowest BCUT2D eigenvalue weighted by Crippen LogP contribution is -2.66. The summed E-state index contributed by atoms with van der Waals surface area (Å²) in [4.78, 5) is 8.59. The number of nitrogens with zero attached hydrogens (tertiary/aromatic N) is 3. The van der Waals surface area contributed by atoms with Crippen LogP contribution in [0.1, 0.15) is 23.7 Å². The van der Waals surface area contributed by atoms with E-state index in [2.05, 4.69) is 32.7 Å². The normalized spacial score (nSPS) is 23.6. The fraction of sp³-hybridized carbons (Fsp3) is 0.250. The van der Waals surface area contributed by atoms with Crippen LogP contribution in [0.3, 0.4) is 0 Å². The van der Waals surface area contributed by atoms with Crippen LogP contribution in [0, 0.1) is 0 Å². The summed E-state index contributed by atoms with van der Waals surface area (Å²) in [5.41, 5.74) is 11.5. The maximum Gasteiger partial charge on any atom is 0.190 e. The zero-order valence-electron chi connectivity index (χ0n) is 18.4. The van der Waals surface area contributed by atoms with Gasteiger partial charge in [-0.3, -0.25) is 10.7 Å². The van der Waals surface area contributed by atoms with E-state index >= 15 is 0 Å². The molecular formula is C24H25ClN6O2. The molecule has 2 aliphatic heterocycles. The van der Waals surface area contributed by atoms with Crippen molar-refractivity contribution < 1.29 is 9.47 Å². The van der Waals surface area contributed by atoms with Gasteiger partial charge in [0.25, 0.3) is 0 Å². The highest BCUT2D eigenvalue weighted by Gasteiger charge is 2.40. The third-order valence-electron chi connectivity index (χ3n) is 5.95. The van der Waals surface area contributed by atoms with E-state index in [4.69, 9.17) is 26.8 Å². The minimum atomic E-state index is -1.13. The van der Waals surface area contributed by atoms with Crippen LogP contribution in [0.15, 0.2) is 77.3 Å². The van der Waals surface area contributed by atoms with Crippen molar-refractivity contribution in [2.75, 3.05) is 20.8 Å². The molecule has 3 heterocycles. The molecule has 0 spiro atoms. The SMILES string of the molecule is CN=C1NC(N)(c2ccc(-n3cnc(Cl)c3)c(OC)c2)NC2=C1CCOC2c1ccccc1. The molecule has 3 aromatic rings. The molecule has 0 amide bonds. The number of ether oxygens (including phenoxy) is 2. The molecule has 2 aliphatic rings. The van der Waals surface area contributed by atoms with Crippen molar-refractivity contribution in [2.45, 2.75) is 18.3 Å². The fourth-order valence-corrected chi connectivity index (χ4v) is 4.49. The lowest BCUT2D eigenvalue weighted by atomic mass is 9.92. The maximum atomic E-state index is 6.92. The molecule has 1 aromatic heterocycles. The summed E-state index contributed by atoms with van der Waals surface area (Å²) in [6.45, 7) is 0.605. The second kappa shape index (κ2) is 8.55. The first-order valence-corrected chi connectivity index (χ1v) is 11.0. The Hall–Kier alpha value is -3.33. The van der Waals surface area contributed by atoms with Gasteiger partial charge in [-0.05, 0) is 17.7 Å². The molecule has 0 fully saturated rings. The van der Waals surface area contributed by atoms with Gasteiger partial charge in [0.2, 0.25) is 0 Å². The van der Waals surface area contributed by atoms with Crippen LogP contribution < -0.4 is 21.1 Å². The van der Waals surface area contributed by atoms with E-state index in [1.165, 1.54) is 0 Å². The first-order chi connectivity index (χ1) is 16.0. The molecule has 0 bridgehead atoms. The molecule has 2 unspecified atom stereocenters. The van der Waals surface area contributed by atoms with Gasteiger partial charge < -0.3 is 24.7 Å². The highest BCUT2D eigenvalue weighted by atomic mass is 35.5. The Bertz CT molecular complexity index is 1240. The van der Waals surface area contributed by atoms with Crippen molar-refractivity contribution in [3.63, 3.8) is 0 Å². The van der Waals surface area contributed by atoms with Gasteiger partial charge in [-0.25, -0.2) is 4.98 Å². The summed E-state index contributed by atoms with van der Waals surface area (Å²) in [6.07, 6.45) is 3.84. The quantitative estimate of drug-likeness (QED) is 0.548. The number of nitrogens with two attached hydrogens (primary N) is 1. The Labute approximate surface area is 197 Å². The maximum absolute atomic E-state index is 6.92. The van der Waals surface area contributed by atoms with E-state index in [1.54, 1.807) is 31.2 Å². The Kier molecular flexibility index (Phi) is 5.57. The zero-order chi connectivity index (χ0) is 23.0. The average molecular weight is 465 g/mol. The third kappa shape index (κ3) is 3.86. The number of amidine groups is 1. The topological polar surface area (TPSA) is 98.7 Å². The Balaban J connectivity index is 1.56. The number of benzene rings is 2. The Morgan fingerprint density at radius 2 is 2.06 bits per heavy atom. The molecule has 0 aliphatic carbocycles. The lowest BCUT2D eigenvalue weighted by Gasteiger charge is -2.44. The van der Waals surface area contributed by atoms with Gasteiger partial charge in [0, 0.05) is 30.8 Å². The van der Waals surface area contributed by atoms with Gasteiger partial charge >= 0.3 is 0 Å². The molecule has 0 saturated carbocycles. The van der Waals surface area contributed by atoms with Crippen molar-refractivity contribution in [1.82, 2.24) is 20.2 Å². The average Bonchev–Trinajstić information content (AvgIpc) is 3.29. The number of halogens is 1. The molecule has 2 atom stereocenters. The van der Waals surface area contributed by atoms with E-state index < -0.39 is 5.79 Å². The predicted octanol–water partition coefficient (Wildman–Crippen LogP) is 3.24. The van der Waals surface area contributed by atoms with Crippen molar-refractivity contribution in [3.05, 3.63) is 88.6 Å². The molecule has 170 valence electrons.